The number of hydrogen-bond acceptors (Lipinski definition) is 5. The minimum Gasteiger partial charge on any atom is -0.493 e. The highest BCUT2D eigenvalue weighted by atomic mass is 16.5. The molecule has 0 aliphatic heterocycles. The maximum Gasteiger partial charge on any atom is 0.224 e. The van der Waals surface area contributed by atoms with Crippen molar-refractivity contribution in [3.63, 3.8) is 0 Å². The van der Waals surface area contributed by atoms with Gasteiger partial charge in [0, 0.05) is 6.20 Å². The van der Waals surface area contributed by atoms with E-state index >= 15 is 0 Å². The molecule has 26 heavy (non-hydrogen) atoms. The smallest absolute Gasteiger partial charge is 0.224 e. The number of ether oxygens (including phenoxy) is 2. The maximum absolute atomic E-state index is 12.6. The molecule has 1 amide bonds. The summed E-state index contributed by atoms with van der Waals surface area (Å²) in [5, 5.41) is 12.7. The van der Waals surface area contributed by atoms with Crippen LogP contribution in [0.4, 0.5) is 0 Å². The molecule has 1 aliphatic carbocycles. The number of methoxy groups -OCH3 is 2. The van der Waals surface area contributed by atoms with Gasteiger partial charge in [-0.2, -0.15) is 0 Å². The van der Waals surface area contributed by atoms with Crippen LogP contribution in [-0.2, 0) is 11.2 Å². The Labute approximate surface area is 153 Å². The van der Waals surface area contributed by atoms with E-state index in [9.17, 15) is 9.90 Å². The van der Waals surface area contributed by atoms with Gasteiger partial charge in [-0.25, -0.2) is 0 Å². The van der Waals surface area contributed by atoms with Gasteiger partial charge in [0.1, 0.15) is 0 Å². The Bertz CT molecular complexity index is 745. The molecular formula is C20H24N2O4. The van der Waals surface area contributed by atoms with Crippen LogP contribution in [-0.4, -0.2) is 36.3 Å². The number of aromatic nitrogens is 1. The molecule has 2 aromatic rings. The Kier molecular flexibility index (Phi) is 5.73. The van der Waals surface area contributed by atoms with Gasteiger partial charge >= 0.3 is 0 Å². The van der Waals surface area contributed by atoms with Crippen LogP contribution in [0.5, 0.6) is 11.5 Å². The number of carbonyl (C=O) groups excluding carboxylic acids is 1. The van der Waals surface area contributed by atoms with Crippen LogP contribution in [0.3, 0.4) is 0 Å². The second-order valence-electron chi connectivity index (χ2n) is 6.55. The molecule has 1 aromatic carbocycles. The van der Waals surface area contributed by atoms with Crippen LogP contribution < -0.4 is 14.8 Å². The third kappa shape index (κ3) is 4.14. The number of aliphatic hydroxyl groups is 1. The number of carbonyl (C=O) groups is 1. The van der Waals surface area contributed by atoms with Crippen LogP contribution in [0.25, 0.3) is 0 Å². The molecule has 138 valence electrons. The summed E-state index contributed by atoms with van der Waals surface area (Å²) in [7, 11) is 3.15. The number of pyridine rings is 1. The zero-order chi connectivity index (χ0) is 18.5. The summed E-state index contributed by atoms with van der Waals surface area (Å²) >= 11 is 0. The first-order valence-electron chi connectivity index (χ1n) is 8.70. The Morgan fingerprint density at radius 2 is 2.00 bits per heavy atom. The van der Waals surface area contributed by atoms with Crippen molar-refractivity contribution in [2.45, 2.75) is 31.4 Å². The van der Waals surface area contributed by atoms with Crippen LogP contribution in [0.2, 0.25) is 0 Å². The van der Waals surface area contributed by atoms with Gasteiger partial charge in [0.05, 0.1) is 38.5 Å². The van der Waals surface area contributed by atoms with Gasteiger partial charge in [0.15, 0.2) is 11.5 Å². The molecule has 1 aliphatic rings. The monoisotopic (exact) mass is 356 g/mol. The lowest BCUT2D eigenvalue weighted by Crippen LogP contribution is -2.42. The van der Waals surface area contributed by atoms with Crippen molar-refractivity contribution in [2.24, 2.45) is 5.92 Å². The second-order valence-corrected chi connectivity index (χ2v) is 6.55. The highest BCUT2D eigenvalue weighted by Crippen LogP contribution is 2.37. The minimum absolute atomic E-state index is 0.0886. The Morgan fingerprint density at radius 3 is 2.62 bits per heavy atom. The van der Waals surface area contributed by atoms with Gasteiger partial charge in [0.25, 0.3) is 0 Å². The van der Waals surface area contributed by atoms with E-state index in [2.05, 4.69) is 10.3 Å². The molecule has 0 spiro atoms. The molecule has 0 saturated heterocycles. The van der Waals surface area contributed by atoms with Crippen molar-refractivity contribution in [1.82, 2.24) is 10.3 Å². The van der Waals surface area contributed by atoms with E-state index in [0.29, 0.717) is 24.3 Å². The van der Waals surface area contributed by atoms with Crippen molar-refractivity contribution >= 4 is 5.91 Å². The summed E-state index contributed by atoms with van der Waals surface area (Å²) in [6.45, 7) is 0. The van der Waals surface area contributed by atoms with Crippen molar-refractivity contribution in [2.75, 3.05) is 14.2 Å². The fraction of sp³-hybridized carbons (Fsp3) is 0.400. The number of benzene rings is 1. The molecule has 6 heteroatoms. The van der Waals surface area contributed by atoms with Crippen LogP contribution in [0.1, 0.15) is 30.1 Å². The predicted octanol–water partition coefficient (Wildman–Crippen LogP) is 2.27. The van der Waals surface area contributed by atoms with E-state index in [4.69, 9.17) is 9.47 Å². The van der Waals surface area contributed by atoms with Gasteiger partial charge in [-0.15, -0.1) is 0 Å². The number of aliphatic hydroxyl groups excluding tert-OH is 1. The predicted molar refractivity (Wildman–Crippen MR) is 97.1 cm³/mol. The molecule has 1 saturated carbocycles. The molecular weight excluding hydrogens is 332 g/mol. The molecule has 1 fully saturated rings. The molecule has 0 bridgehead atoms. The van der Waals surface area contributed by atoms with E-state index < -0.39 is 0 Å². The molecule has 2 N–H and O–H groups in total. The summed E-state index contributed by atoms with van der Waals surface area (Å²) in [6, 6.07) is 10.9. The molecule has 1 heterocycles. The number of rotatable bonds is 7. The van der Waals surface area contributed by atoms with Gasteiger partial charge in [-0.05, 0) is 48.6 Å². The fourth-order valence-electron chi connectivity index (χ4n) is 3.30. The van der Waals surface area contributed by atoms with Gasteiger partial charge in [-0.3, -0.25) is 9.78 Å². The lowest BCUT2D eigenvalue weighted by molar-refractivity contribution is -0.122. The first-order chi connectivity index (χ1) is 12.6. The summed E-state index contributed by atoms with van der Waals surface area (Å²) in [5.74, 6) is 1.34. The highest BCUT2D eigenvalue weighted by molar-refractivity contribution is 5.79. The van der Waals surface area contributed by atoms with Gasteiger partial charge in [-0.1, -0.05) is 12.1 Å². The fourth-order valence-corrected chi connectivity index (χ4v) is 3.30. The Hall–Kier alpha value is -2.60. The van der Waals surface area contributed by atoms with Crippen molar-refractivity contribution < 1.29 is 19.4 Å². The first-order valence-corrected chi connectivity index (χ1v) is 8.70. The third-order valence-corrected chi connectivity index (χ3v) is 4.76. The SMILES string of the molecule is COc1ccc(CC(=O)NC(c2ccccn2)C2CC(O)C2)cc1OC. The molecule has 3 rings (SSSR count). The lowest BCUT2D eigenvalue weighted by Gasteiger charge is -2.37. The summed E-state index contributed by atoms with van der Waals surface area (Å²) in [6.07, 6.45) is 3.03. The van der Waals surface area contributed by atoms with Crippen LogP contribution in [0, 0.1) is 5.92 Å². The zero-order valence-corrected chi connectivity index (χ0v) is 15.0. The number of hydrogen-bond donors (Lipinski definition) is 2. The Balaban J connectivity index is 1.70. The molecule has 1 unspecified atom stereocenters. The molecule has 1 aromatic heterocycles. The van der Waals surface area contributed by atoms with Gasteiger partial charge in [0.2, 0.25) is 5.91 Å². The summed E-state index contributed by atoms with van der Waals surface area (Å²) in [5.41, 5.74) is 1.67. The van der Waals surface area contributed by atoms with Crippen molar-refractivity contribution in [1.29, 1.82) is 0 Å². The van der Waals surface area contributed by atoms with Crippen molar-refractivity contribution in [3.8, 4) is 11.5 Å². The standard InChI is InChI=1S/C20H24N2O4/c1-25-17-7-6-13(9-18(17)26-2)10-19(24)22-20(14-11-15(23)12-14)16-5-3-4-8-21-16/h3-9,14-15,20,23H,10-12H2,1-2H3,(H,22,24). The average molecular weight is 356 g/mol. The Morgan fingerprint density at radius 1 is 1.23 bits per heavy atom. The van der Waals surface area contributed by atoms with E-state index in [0.717, 1.165) is 11.3 Å². The maximum atomic E-state index is 12.6. The largest absolute Gasteiger partial charge is 0.493 e. The second kappa shape index (κ2) is 8.19. The number of nitrogens with zero attached hydrogens (tertiary/aromatic N) is 1. The van der Waals surface area contributed by atoms with E-state index in [1.165, 1.54) is 0 Å². The minimum atomic E-state index is -0.283. The quantitative estimate of drug-likeness (QED) is 0.795. The van der Waals surface area contributed by atoms with Crippen LogP contribution in [0.15, 0.2) is 42.6 Å². The van der Waals surface area contributed by atoms with E-state index in [-0.39, 0.29) is 30.4 Å². The molecule has 6 nitrogen and oxygen atoms in total. The molecule has 1 atom stereocenters. The highest BCUT2D eigenvalue weighted by Gasteiger charge is 2.36. The number of nitrogens with one attached hydrogen (secondary N) is 1. The van der Waals surface area contributed by atoms with Gasteiger partial charge < -0.3 is 19.9 Å². The normalized spacial score (nSPS) is 20.0. The van der Waals surface area contributed by atoms with E-state index in [1.807, 2.05) is 24.3 Å². The van der Waals surface area contributed by atoms with Crippen molar-refractivity contribution in [3.05, 3.63) is 53.9 Å². The topological polar surface area (TPSA) is 80.7 Å². The van der Waals surface area contributed by atoms with E-state index in [1.54, 1.807) is 32.5 Å². The van der Waals surface area contributed by atoms with Crippen LogP contribution >= 0.6 is 0 Å². The number of amides is 1. The lowest BCUT2D eigenvalue weighted by atomic mass is 9.76. The third-order valence-electron chi connectivity index (χ3n) is 4.76. The summed E-state index contributed by atoms with van der Waals surface area (Å²) in [4.78, 5) is 17.0. The molecule has 0 radical (unpaired) electrons. The summed E-state index contributed by atoms with van der Waals surface area (Å²) < 4.78 is 10.5. The first kappa shape index (κ1) is 18.2. The average Bonchev–Trinajstić information content (AvgIpc) is 2.64. The zero-order valence-electron chi connectivity index (χ0n) is 15.0.